The third kappa shape index (κ3) is 2.86. The summed E-state index contributed by atoms with van der Waals surface area (Å²) in [7, 11) is 1.95. The van der Waals surface area contributed by atoms with Crippen LogP contribution in [0.25, 0.3) is 0 Å². The lowest BCUT2D eigenvalue weighted by Gasteiger charge is -2.37. The Morgan fingerprint density at radius 3 is 2.47 bits per heavy atom. The van der Waals surface area contributed by atoms with Crippen molar-refractivity contribution in [3.63, 3.8) is 0 Å². The number of carbonyl (C=O) groups is 2. The molecule has 0 bridgehead atoms. The highest BCUT2D eigenvalue weighted by Gasteiger charge is 2.33. The SMILES string of the molecule is CN1CC[C@H]1C(=O)N[C@H](C=O)C1CCCCC1. The van der Waals surface area contributed by atoms with Crippen LogP contribution in [0, 0.1) is 5.92 Å². The Kier molecular flexibility index (Phi) is 4.15. The summed E-state index contributed by atoms with van der Waals surface area (Å²) in [6.45, 7) is 0.979. The van der Waals surface area contributed by atoms with E-state index in [0.717, 1.165) is 32.1 Å². The summed E-state index contributed by atoms with van der Waals surface area (Å²) in [6, 6.07) is -0.280. The van der Waals surface area contributed by atoms with Gasteiger partial charge in [-0.3, -0.25) is 9.69 Å². The van der Waals surface area contributed by atoms with Gasteiger partial charge in [-0.25, -0.2) is 0 Å². The molecule has 1 saturated heterocycles. The fourth-order valence-corrected chi connectivity index (χ4v) is 2.86. The average Bonchev–Trinajstić information content (AvgIpc) is 2.35. The molecule has 2 aliphatic rings. The molecule has 1 N–H and O–H groups in total. The molecule has 1 saturated carbocycles. The van der Waals surface area contributed by atoms with Gasteiger partial charge in [-0.1, -0.05) is 19.3 Å². The van der Waals surface area contributed by atoms with Gasteiger partial charge in [0.05, 0.1) is 12.1 Å². The smallest absolute Gasteiger partial charge is 0.237 e. The Balaban J connectivity index is 1.85. The van der Waals surface area contributed by atoms with Crippen molar-refractivity contribution in [1.82, 2.24) is 10.2 Å². The lowest BCUT2D eigenvalue weighted by Crippen LogP contribution is -2.57. The number of hydrogen-bond donors (Lipinski definition) is 1. The van der Waals surface area contributed by atoms with Crippen LogP contribution in [-0.2, 0) is 9.59 Å². The van der Waals surface area contributed by atoms with Gasteiger partial charge in [-0.15, -0.1) is 0 Å². The highest BCUT2D eigenvalue weighted by molar-refractivity contribution is 5.85. The topological polar surface area (TPSA) is 49.4 Å². The Hall–Kier alpha value is -0.900. The second-order valence-corrected chi connectivity index (χ2v) is 5.35. The van der Waals surface area contributed by atoms with Gasteiger partial charge in [-0.2, -0.15) is 0 Å². The molecule has 0 aromatic heterocycles. The Morgan fingerprint density at radius 1 is 1.29 bits per heavy atom. The maximum absolute atomic E-state index is 11.9. The van der Waals surface area contributed by atoms with Crippen molar-refractivity contribution in [2.45, 2.75) is 50.6 Å². The van der Waals surface area contributed by atoms with Gasteiger partial charge in [0.15, 0.2) is 0 Å². The fraction of sp³-hybridized carbons (Fsp3) is 0.846. The van der Waals surface area contributed by atoms with Gasteiger partial charge in [-0.05, 0) is 32.2 Å². The molecular weight excluding hydrogens is 216 g/mol. The minimum atomic E-state index is -0.267. The van der Waals surface area contributed by atoms with Crippen LogP contribution in [0.1, 0.15) is 38.5 Å². The fourth-order valence-electron chi connectivity index (χ4n) is 2.86. The van der Waals surface area contributed by atoms with Crippen LogP contribution in [0.15, 0.2) is 0 Å². The van der Waals surface area contributed by atoms with Crippen molar-refractivity contribution >= 4 is 12.2 Å². The quantitative estimate of drug-likeness (QED) is 0.742. The summed E-state index contributed by atoms with van der Waals surface area (Å²) in [5.41, 5.74) is 0. The molecule has 1 aliphatic heterocycles. The summed E-state index contributed by atoms with van der Waals surface area (Å²) >= 11 is 0. The van der Waals surface area contributed by atoms with Crippen molar-refractivity contribution in [1.29, 1.82) is 0 Å². The van der Waals surface area contributed by atoms with Crippen molar-refractivity contribution in [2.75, 3.05) is 13.6 Å². The number of amides is 1. The highest BCUT2D eigenvalue weighted by atomic mass is 16.2. The summed E-state index contributed by atoms with van der Waals surface area (Å²) in [4.78, 5) is 25.1. The maximum atomic E-state index is 11.9. The van der Waals surface area contributed by atoms with E-state index in [9.17, 15) is 9.59 Å². The van der Waals surface area contributed by atoms with Gasteiger partial charge in [0.25, 0.3) is 0 Å². The van der Waals surface area contributed by atoms with E-state index in [1.807, 2.05) is 11.9 Å². The third-order valence-electron chi connectivity index (χ3n) is 4.20. The first kappa shape index (κ1) is 12.6. The standard InChI is InChI=1S/C13H22N2O2/c1-15-8-7-12(15)13(17)14-11(9-16)10-5-3-2-4-6-10/h9-12H,2-8H2,1H3,(H,14,17)/t11-,12+/m1/s1. The van der Waals surface area contributed by atoms with E-state index in [2.05, 4.69) is 5.32 Å². The van der Waals surface area contributed by atoms with Crippen molar-refractivity contribution in [3.05, 3.63) is 0 Å². The zero-order chi connectivity index (χ0) is 12.3. The van der Waals surface area contributed by atoms with Crippen molar-refractivity contribution in [2.24, 2.45) is 5.92 Å². The van der Waals surface area contributed by atoms with Crippen LogP contribution >= 0.6 is 0 Å². The molecule has 4 nitrogen and oxygen atoms in total. The number of rotatable bonds is 4. The minimum Gasteiger partial charge on any atom is -0.345 e. The molecule has 0 aromatic rings. The van der Waals surface area contributed by atoms with Gasteiger partial charge in [0.2, 0.25) is 5.91 Å². The summed E-state index contributed by atoms with van der Waals surface area (Å²) < 4.78 is 0. The van der Waals surface area contributed by atoms with E-state index in [0.29, 0.717) is 5.92 Å². The predicted octanol–water partition coefficient (Wildman–Crippen LogP) is 0.954. The van der Waals surface area contributed by atoms with Crippen LogP contribution in [-0.4, -0.2) is 42.8 Å². The Morgan fingerprint density at radius 2 is 2.00 bits per heavy atom. The van der Waals surface area contributed by atoms with E-state index in [-0.39, 0.29) is 18.0 Å². The summed E-state index contributed by atoms with van der Waals surface area (Å²) in [5.74, 6) is 0.386. The number of carbonyl (C=O) groups excluding carboxylic acids is 2. The largest absolute Gasteiger partial charge is 0.345 e. The Labute approximate surface area is 103 Å². The normalized spacial score (nSPS) is 28.2. The molecule has 2 atom stereocenters. The van der Waals surface area contributed by atoms with E-state index in [4.69, 9.17) is 0 Å². The van der Waals surface area contributed by atoms with Gasteiger partial charge < -0.3 is 10.1 Å². The van der Waals surface area contributed by atoms with Crippen LogP contribution in [0.2, 0.25) is 0 Å². The number of nitrogens with one attached hydrogen (secondary N) is 1. The molecular formula is C13H22N2O2. The predicted molar refractivity (Wildman–Crippen MR) is 65.6 cm³/mol. The summed E-state index contributed by atoms with van der Waals surface area (Å²) in [6.07, 6.45) is 7.63. The second-order valence-electron chi connectivity index (χ2n) is 5.35. The molecule has 17 heavy (non-hydrogen) atoms. The average molecular weight is 238 g/mol. The van der Waals surface area contributed by atoms with E-state index in [1.54, 1.807) is 0 Å². The minimum absolute atomic E-state index is 0.0129. The first-order chi connectivity index (χ1) is 8.22. The third-order valence-corrected chi connectivity index (χ3v) is 4.20. The zero-order valence-corrected chi connectivity index (χ0v) is 10.5. The first-order valence-electron chi connectivity index (χ1n) is 6.68. The van der Waals surface area contributed by atoms with E-state index >= 15 is 0 Å². The van der Waals surface area contributed by atoms with E-state index < -0.39 is 0 Å². The van der Waals surface area contributed by atoms with Crippen LogP contribution in [0.3, 0.4) is 0 Å². The van der Waals surface area contributed by atoms with Gasteiger partial charge in [0, 0.05) is 6.54 Å². The molecule has 0 radical (unpaired) electrons. The number of nitrogens with zero attached hydrogens (tertiary/aromatic N) is 1. The number of hydrogen-bond acceptors (Lipinski definition) is 3. The number of aldehydes is 1. The van der Waals surface area contributed by atoms with Crippen LogP contribution in [0.4, 0.5) is 0 Å². The van der Waals surface area contributed by atoms with Crippen LogP contribution in [0.5, 0.6) is 0 Å². The molecule has 96 valence electrons. The molecule has 4 heteroatoms. The van der Waals surface area contributed by atoms with Crippen molar-refractivity contribution in [3.8, 4) is 0 Å². The first-order valence-corrected chi connectivity index (χ1v) is 6.68. The maximum Gasteiger partial charge on any atom is 0.237 e. The van der Waals surface area contributed by atoms with Gasteiger partial charge >= 0.3 is 0 Å². The van der Waals surface area contributed by atoms with E-state index in [1.165, 1.54) is 19.3 Å². The second kappa shape index (κ2) is 5.63. The lowest BCUT2D eigenvalue weighted by molar-refractivity contribution is -0.132. The highest BCUT2D eigenvalue weighted by Crippen LogP contribution is 2.26. The molecule has 1 amide bonds. The summed E-state index contributed by atoms with van der Waals surface area (Å²) in [5, 5.41) is 2.92. The number of likely N-dealkylation sites (tertiary alicyclic amines) is 1. The molecule has 0 spiro atoms. The van der Waals surface area contributed by atoms with Crippen LogP contribution < -0.4 is 5.32 Å². The molecule has 1 heterocycles. The molecule has 0 aromatic carbocycles. The molecule has 2 rings (SSSR count). The Bertz CT molecular complexity index is 287. The number of likely N-dealkylation sites (N-methyl/N-ethyl adjacent to an activating group) is 1. The van der Waals surface area contributed by atoms with Crippen molar-refractivity contribution < 1.29 is 9.59 Å². The molecule has 1 aliphatic carbocycles. The van der Waals surface area contributed by atoms with Gasteiger partial charge in [0.1, 0.15) is 6.29 Å². The lowest BCUT2D eigenvalue weighted by atomic mass is 9.84. The monoisotopic (exact) mass is 238 g/mol. The molecule has 0 unspecified atom stereocenters. The zero-order valence-electron chi connectivity index (χ0n) is 10.5. The molecule has 2 fully saturated rings.